The molecule has 1 aliphatic carbocycles. The van der Waals surface area contributed by atoms with Crippen molar-refractivity contribution in [2.75, 3.05) is 6.61 Å². The van der Waals surface area contributed by atoms with Crippen molar-refractivity contribution in [1.82, 2.24) is 19.8 Å². The first kappa shape index (κ1) is 17.7. The minimum absolute atomic E-state index is 0.292. The van der Waals surface area contributed by atoms with Gasteiger partial charge in [-0.05, 0) is 56.6 Å². The molecule has 140 valence electrons. The second kappa shape index (κ2) is 7.15. The highest BCUT2D eigenvalue weighted by molar-refractivity contribution is 7.80. The molecule has 0 bridgehead atoms. The van der Waals surface area contributed by atoms with Crippen LogP contribution in [0.3, 0.4) is 0 Å². The Bertz CT molecular complexity index is 885. The molecule has 1 aliphatic heterocycles. The predicted molar refractivity (Wildman–Crippen MR) is 106 cm³/mol. The molecule has 2 heterocycles. The molecular weight excluding hydrogens is 360 g/mol. The van der Waals surface area contributed by atoms with E-state index < -0.39 is 0 Å². The number of nitrogens with one attached hydrogen (secondary N) is 1. The molecular formula is C20H22N4O2S. The number of benzene rings is 1. The summed E-state index contributed by atoms with van der Waals surface area (Å²) in [6, 6.07) is 8.10. The van der Waals surface area contributed by atoms with Crippen LogP contribution in [0.1, 0.15) is 38.3 Å². The van der Waals surface area contributed by atoms with E-state index in [4.69, 9.17) is 17.0 Å². The van der Waals surface area contributed by atoms with Crippen LogP contribution in [0.2, 0.25) is 0 Å². The highest BCUT2D eigenvalue weighted by atomic mass is 32.1. The Kier molecular flexibility index (Phi) is 4.70. The van der Waals surface area contributed by atoms with E-state index in [0.717, 1.165) is 29.8 Å². The molecule has 0 unspecified atom stereocenters. The van der Waals surface area contributed by atoms with Gasteiger partial charge in [-0.15, -0.1) is 0 Å². The third-order valence-corrected chi connectivity index (χ3v) is 5.28. The topological polar surface area (TPSA) is 59.4 Å². The fourth-order valence-electron chi connectivity index (χ4n) is 3.50. The average molecular weight is 382 g/mol. The minimum atomic E-state index is -0.316. The molecule has 1 fully saturated rings. The number of thiocarbonyl (C=S) groups is 1. The maximum Gasteiger partial charge on any atom is 0.338 e. The van der Waals surface area contributed by atoms with Gasteiger partial charge in [0, 0.05) is 29.8 Å². The molecule has 1 aromatic heterocycles. The van der Waals surface area contributed by atoms with Gasteiger partial charge in [-0.3, -0.25) is 0 Å². The van der Waals surface area contributed by atoms with Gasteiger partial charge >= 0.3 is 5.97 Å². The number of nitrogens with zero attached hydrogens (tertiary/aromatic N) is 3. The average Bonchev–Trinajstić information content (AvgIpc) is 3.33. The summed E-state index contributed by atoms with van der Waals surface area (Å²) >= 11 is 5.61. The lowest BCUT2D eigenvalue weighted by molar-refractivity contribution is -0.139. The van der Waals surface area contributed by atoms with E-state index in [-0.39, 0.29) is 12.0 Å². The fraction of sp³-hybridized carbons (Fsp3) is 0.350. The van der Waals surface area contributed by atoms with E-state index in [2.05, 4.69) is 15.2 Å². The molecule has 27 heavy (non-hydrogen) atoms. The van der Waals surface area contributed by atoms with Gasteiger partial charge in [0.1, 0.15) is 0 Å². The molecule has 2 aliphatic rings. The quantitative estimate of drug-likeness (QED) is 0.633. The molecule has 1 atom stereocenters. The minimum Gasteiger partial charge on any atom is -0.463 e. The number of ether oxygens (including phenoxy) is 1. The van der Waals surface area contributed by atoms with Crippen LogP contribution < -0.4 is 5.32 Å². The summed E-state index contributed by atoms with van der Waals surface area (Å²) in [5, 5.41) is 4.03. The number of imidazole rings is 1. The normalized spacial score (nSPS) is 19.9. The fourth-order valence-corrected chi connectivity index (χ4v) is 3.91. The third kappa shape index (κ3) is 3.35. The van der Waals surface area contributed by atoms with Crippen molar-refractivity contribution in [2.24, 2.45) is 0 Å². The molecule has 2 aromatic rings. The van der Waals surface area contributed by atoms with Crippen molar-refractivity contribution >= 4 is 23.3 Å². The smallest absolute Gasteiger partial charge is 0.338 e. The molecule has 0 spiro atoms. The summed E-state index contributed by atoms with van der Waals surface area (Å²) in [6.07, 6.45) is 7.58. The molecule has 0 saturated heterocycles. The van der Waals surface area contributed by atoms with Crippen LogP contribution in [-0.2, 0) is 9.53 Å². The van der Waals surface area contributed by atoms with Gasteiger partial charge in [-0.25, -0.2) is 9.78 Å². The molecule has 7 heteroatoms. The number of allylic oxidation sites excluding steroid dienone is 1. The summed E-state index contributed by atoms with van der Waals surface area (Å²) in [5.41, 5.74) is 3.50. The largest absolute Gasteiger partial charge is 0.463 e. The zero-order chi connectivity index (χ0) is 19.0. The monoisotopic (exact) mass is 382 g/mol. The van der Waals surface area contributed by atoms with E-state index in [1.807, 2.05) is 48.9 Å². The summed E-state index contributed by atoms with van der Waals surface area (Å²) < 4.78 is 7.29. The number of esters is 1. The highest BCUT2D eigenvalue weighted by Crippen LogP contribution is 2.38. The number of carbonyl (C=O) groups excluding carboxylic acids is 1. The van der Waals surface area contributed by atoms with Gasteiger partial charge in [0.25, 0.3) is 0 Å². The molecule has 1 saturated carbocycles. The Morgan fingerprint density at radius 2 is 2.07 bits per heavy atom. The van der Waals surface area contributed by atoms with Crippen LogP contribution in [0.15, 0.2) is 54.3 Å². The van der Waals surface area contributed by atoms with Crippen molar-refractivity contribution in [2.45, 2.75) is 38.8 Å². The van der Waals surface area contributed by atoms with Gasteiger partial charge < -0.3 is 19.5 Å². The number of hydrogen-bond donors (Lipinski definition) is 1. The SMILES string of the molecule is CCOC(=O)C1=C(C)N(C2CC2)C(=S)N[C@H]1c1ccc(-n2ccnc2)cc1. The van der Waals surface area contributed by atoms with Gasteiger partial charge in [0.2, 0.25) is 0 Å². The lowest BCUT2D eigenvalue weighted by atomic mass is 9.94. The number of aromatic nitrogens is 2. The van der Waals surface area contributed by atoms with Crippen LogP contribution in [0.25, 0.3) is 5.69 Å². The van der Waals surface area contributed by atoms with Gasteiger partial charge in [-0.2, -0.15) is 0 Å². The predicted octanol–water partition coefficient (Wildman–Crippen LogP) is 3.10. The number of hydrogen-bond acceptors (Lipinski definition) is 4. The zero-order valence-corrected chi connectivity index (χ0v) is 16.2. The highest BCUT2D eigenvalue weighted by Gasteiger charge is 2.40. The van der Waals surface area contributed by atoms with Crippen molar-refractivity contribution in [3.63, 3.8) is 0 Å². The zero-order valence-electron chi connectivity index (χ0n) is 15.4. The van der Waals surface area contributed by atoms with Crippen LogP contribution in [0, 0.1) is 0 Å². The summed E-state index contributed by atoms with van der Waals surface area (Å²) in [7, 11) is 0. The van der Waals surface area contributed by atoms with Crippen molar-refractivity contribution in [1.29, 1.82) is 0 Å². The van der Waals surface area contributed by atoms with Crippen LogP contribution in [0.4, 0.5) is 0 Å². The van der Waals surface area contributed by atoms with Crippen molar-refractivity contribution < 1.29 is 9.53 Å². The lowest BCUT2D eigenvalue weighted by Gasteiger charge is -2.37. The Morgan fingerprint density at radius 1 is 1.33 bits per heavy atom. The molecule has 1 N–H and O–H groups in total. The molecule has 4 rings (SSSR count). The van der Waals surface area contributed by atoms with Crippen LogP contribution >= 0.6 is 12.2 Å². The van der Waals surface area contributed by atoms with E-state index >= 15 is 0 Å². The Hall–Kier alpha value is -2.67. The third-order valence-electron chi connectivity index (χ3n) is 4.96. The van der Waals surface area contributed by atoms with E-state index in [1.54, 1.807) is 12.5 Å². The van der Waals surface area contributed by atoms with Crippen LogP contribution in [-0.4, -0.2) is 38.2 Å². The second-order valence-electron chi connectivity index (χ2n) is 6.76. The molecule has 1 aromatic carbocycles. The lowest BCUT2D eigenvalue weighted by Crippen LogP contribution is -2.48. The molecule has 0 radical (unpaired) electrons. The summed E-state index contributed by atoms with van der Waals surface area (Å²) in [5.74, 6) is -0.292. The van der Waals surface area contributed by atoms with E-state index in [9.17, 15) is 4.79 Å². The number of carbonyl (C=O) groups is 1. The van der Waals surface area contributed by atoms with Gasteiger partial charge in [0.15, 0.2) is 5.11 Å². The van der Waals surface area contributed by atoms with Crippen molar-refractivity contribution in [3.8, 4) is 5.69 Å². The first-order chi connectivity index (χ1) is 13.1. The van der Waals surface area contributed by atoms with E-state index in [0.29, 0.717) is 23.3 Å². The van der Waals surface area contributed by atoms with Crippen molar-refractivity contribution in [3.05, 3.63) is 59.8 Å². The van der Waals surface area contributed by atoms with E-state index in [1.165, 1.54) is 0 Å². The Morgan fingerprint density at radius 3 is 2.67 bits per heavy atom. The first-order valence-corrected chi connectivity index (χ1v) is 9.57. The number of rotatable bonds is 5. The Balaban J connectivity index is 1.71. The second-order valence-corrected chi connectivity index (χ2v) is 7.15. The maximum absolute atomic E-state index is 12.7. The van der Waals surface area contributed by atoms with Gasteiger partial charge in [-0.1, -0.05) is 12.1 Å². The summed E-state index contributed by atoms with van der Waals surface area (Å²) in [4.78, 5) is 18.9. The standard InChI is InChI=1S/C20H22N4O2S/c1-3-26-19(25)17-13(2)24(16-8-9-16)20(27)22-18(17)14-4-6-15(7-5-14)23-11-10-21-12-23/h4-7,10-12,16,18H,3,8-9H2,1-2H3,(H,22,27)/t18-/m0/s1. The maximum atomic E-state index is 12.7. The van der Waals surface area contributed by atoms with Gasteiger partial charge in [0.05, 0.1) is 24.5 Å². The molecule has 6 nitrogen and oxygen atoms in total. The first-order valence-electron chi connectivity index (χ1n) is 9.16. The molecule has 0 amide bonds. The summed E-state index contributed by atoms with van der Waals surface area (Å²) in [6.45, 7) is 4.13. The van der Waals surface area contributed by atoms with Crippen LogP contribution in [0.5, 0.6) is 0 Å². The Labute approximate surface area is 163 Å².